The first-order chi connectivity index (χ1) is 9.97. The molecule has 1 aliphatic rings. The number of imide groups is 1. The molecular formula is C16H21BrN2O2. The molecular weight excluding hydrogens is 332 g/mol. The van der Waals surface area contributed by atoms with Gasteiger partial charge in [-0.3, -0.25) is 14.5 Å². The van der Waals surface area contributed by atoms with Crippen LogP contribution in [-0.4, -0.2) is 28.8 Å². The average molecular weight is 353 g/mol. The van der Waals surface area contributed by atoms with E-state index in [0.29, 0.717) is 0 Å². The molecule has 114 valence electrons. The first-order valence-corrected chi connectivity index (χ1v) is 8.18. The Balaban J connectivity index is 2.18. The number of rotatable bonds is 5. The second-order valence-corrected chi connectivity index (χ2v) is 6.33. The molecule has 0 aliphatic carbocycles. The highest BCUT2D eigenvalue weighted by Crippen LogP contribution is 2.26. The van der Waals surface area contributed by atoms with Gasteiger partial charge in [-0.1, -0.05) is 29.8 Å². The van der Waals surface area contributed by atoms with E-state index in [9.17, 15) is 9.59 Å². The quantitative estimate of drug-likeness (QED) is 0.826. The van der Waals surface area contributed by atoms with Crippen molar-refractivity contribution in [1.82, 2.24) is 4.90 Å². The number of nitrogens with zero attached hydrogens (tertiary/aromatic N) is 1. The molecule has 2 rings (SSSR count). The summed E-state index contributed by atoms with van der Waals surface area (Å²) in [6.07, 6.45) is 1.89. The summed E-state index contributed by atoms with van der Waals surface area (Å²) in [6, 6.07) is 5.45. The van der Waals surface area contributed by atoms with Crippen LogP contribution >= 0.6 is 15.9 Å². The van der Waals surface area contributed by atoms with Crippen LogP contribution in [0.1, 0.15) is 39.2 Å². The van der Waals surface area contributed by atoms with Crippen LogP contribution in [-0.2, 0) is 16.0 Å². The van der Waals surface area contributed by atoms with Gasteiger partial charge in [0.2, 0.25) is 5.91 Å². The lowest BCUT2D eigenvalue weighted by atomic mass is 10.1. The van der Waals surface area contributed by atoms with E-state index in [-0.39, 0.29) is 24.3 Å². The molecule has 1 saturated heterocycles. The van der Waals surface area contributed by atoms with Gasteiger partial charge in [0, 0.05) is 16.2 Å². The molecule has 0 bridgehead atoms. The lowest BCUT2D eigenvalue weighted by molar-refractivity contribution is -0.140. The van der Waals surface area contributed by atoms with Gasteiger partial charge in [-0.25, -0.2) is 0 Å². The molecule has 1 fully saturated rings. The fourth-order valence-corrected chi connectivity index (χ4v) is 3.00. The maximum atomic E-state index is 12.4. The summed E-state index contributed by atoms with van der Waals surface area (Å²) in [4.78, 5) is 25.9. The minimum absolute atomic E-state index is 0.0348. The largest absolute Gasteiger partial charge is 0.373 e. The fourth-order valence-electron chi connectivity index (χ4n) is 2.59. The molecule has 1 N–H and O–H groups in total. The van der Waals surface area contributed by atoms with Gasteiger partial charge in [0.15, 0.2) is 0 Å². The van der Waals surface area contributed by atoms with Crippen molar-refractivity contribution in [2.24, 2.45) is 0 Å². The molecule has 0 spiro atoms. The lowest BCUT2D eigenvalue weighted by Crippen LogP contribution is -2.40. The first-order valence-electron chi connectivity index (χ1n) is 7.38. The minimum atomic E-state index is -0.446. The van der Waals surface area contributed by atoms with Gasteiger partial charge in [-0.05, 0) is 43.5 Å². The summed E-state index contributed by atoms with van der Waals surface area (Å²) in [5.41, 5.74) is 2.06. The predicted octanol–water partition coefficient (Wildman–Crippen LogP) is 3.35. The molecule has 1 heterocycles. The highest BCUT2D eigenvalue weighted by molar-refractivity contribution is 9.10. The molecule has 1 aromatic carbocycles. The van der Waals surface area contributed by atoms with Crippen LogP contribution in [0.5, 0.6) is 0 Å². The normalized spacial score (nSPS) is 20.0. The van der Waals surface area contributed by atoms with Gasteiger partial charge in [-0.15, -0.1) is 0 Å². The Labute approximate surface area is 134 Å². The average Bonchev–Trinajstić information content (AvgIpc) is 2.74. The number of hydrogen-bond acceptors (Lipinski definition) is 3. The van der Waals surface area contributed by atoms with E-state index >= 15 is 0 Å². The summed E-state index contributed by atoms with van der Waals surface area (Å²) in [7, 11) is 0. The van der Waals surface area contributed by atoms with Crippen molar-refractivity contribution >= 4 is 33.4 Å². The summed E-state index contributed by atoms with van der Waals surface area (Å²) in [6.45, 7) is 5.96. The Morgan fingerprint density at radius 1 is 1.38 bits per heavy atom. The zero-order valence-electron chi connectivity index (χ0n) is 12.6. The Kier molecular flexibility index (Phi) is 5.04. The minimum Gasteiger partial charge on any atom is -0.373 e. The molecule has 2 atom stereocenters. The van der Waals surface area contributed by atoms with Crippen molar-refractivity contribution in [2.75, 3.05) is 5.32 Å². The van der Waals surface area contributed by atoms with E-state index in [0.717, 1.165) is 28.6 Å². The van der Waals surface area contributed by atoms with Crippen LogP contribution in [0.15, 0.2) is 22.7 Å². The van der Waals surface area contributed by atoms with Gasteiger partial charge in [0.05, 0.1) is 6.42 Å². The third-order valence-corrected chi connectivity index (χ3v) is 4.49. The van der Waals surface area contributed by atoms with Gasteiger partial charge in [0.25, 0.3) is 5.91 Å². The molecule has 1 aliphatic heterocycles. The van der Waals surface area contributed by atoms with E-state index < -0.39 is 6.04 Å². The maximum absolute atomic E-state index is 12.4. The molecule has 0 radical (unpaired) electrons. The molecule has 21 heavy (non-hydrogen) atoms. The number of benzene rings is 1. The third-order valence-electron chi connectivity index (χ3n) is 3.99. The van der Waals surface area contributed by atoms with Crippen molar-refractivity contribution in [1.29, 1.82) is 0 Å². The topological polar surface area (TPSA) is 49.4 Å². The van der Waals surface area contributed by atoms with Crippen LogP contribution in [0.3, 0.4) is 0 Å². The summed E-state index contributed by atoms with van der Waals surface area (Å²) in [5, 5.41) is 3.24. The van der Waals surface area contributed by atoms with Crippen LogP contribution in [0.2, 0.25) is 0 Å². The molecule has 2 unspecified atom stereocenters. The summed E-state index contributed by atoms with van der Waals surface area (Å²) < 4.78 is 1.01. The first kappa shape index (κ1) is 16.0. The van der Waals surface area contributed by atoms with Gasteiger partial charge < -0.3 is 5.32 Å². The number of halogens is 1. The number of carbonyl (C=O) groups is 2. The monoisotopic (exact) mass is 352 g/mol. The smallest absolute Gasteiger partial charge is 0.252 e. The van der Waals surface area contributed by atoms with Crippen LogP contribution in [0, 0.1) is 0 Å². The second kappa shape index (κ2) is 6.60. The van der Waals surface area contributed by atoms with E-state index in [2.05, 4.69) is 28.2 Å². The Bertz CT molecular complexity index is 559. The molecule has 0 aromatic heterocycles. The Morgan fingerprint density at radius 2 is 2.10 bits per heavy atom. The zero-order chi connectivity index (χ0) is 15.6. The number of anilines is 1. The lowest BCUT2D eigenvalue weighted by Gasteiger charge is -2.22. The number of aryl methyl sites for hydroxylation is 1. The SMILES string of the molecule is CCc1cc(Br)ccc1NC1CC(=O)N(C(C)CC)C1=O. The van der Waals surface area contributed by atoms with Crippen molar-refractivity contribution in [3.05, 3.63) is 28.2 Å². The van der Waals surface area contributed by atoms with Crippen LogP contribution < -0.4 is 5.32 Å². The van der Waals surface area contributed by atoms with Crippen LogP contribution in [0.25, 0.3) is 0 Å². The van der Waals surface area contributed by atoms with E-state index in [1.54, 1.807) is 0 Å². The molecule has 5 heteroatoms. The van der Waals surface area contributed by atoms with Gasteiger partial charge >= 0.3 is 0 Å². The summed E-state index contributed by atoms with van der Waals surface area (Å²) in [5.74, 6) is -0.193. The van der Waals surface area contributed by atoms with Gasteiger partial charge in [-0.2, -0.15) is 0 Å². The zero-order valence-corrected chi connectivity index (χ0v) is 14.2. The van der Waals surface area contributed by atoms with Gasteiger partial charge in [0.1, 0.15) is 6.04 Å². The van der Waals surface area contributed by atoms with E-state index in [1.165, 1.54) is 4.90 Å². The maximum Gasteiger partial charge on any atom is 0.252 e. The third kappa shape index (κ3) is 3.28. The molecule has 1 aromatic rings. The number of nitrogens with one attached hydrogen (secondary N) is 1. The van der Waals surface area contributed by atoms with Crippen molar-refractivity contribution in [3.8, 4) is 0 Å². The van der Waals surface area contributed by atoms with Crippen molar-refractivity contribution in [2.45, 2.75) is 52.1 Å². The number of hydrogen-bond donors (Lipinski definition) is 1. The van der Waals surface area contributed by atoms with E-state index in [1.807, 2.05) is 32.0 Å². The molecule has 0 saturated carbocycles. The standard InChI is InChI=1S/C16H21BrN2O2/c1-4-10(3)19-15(20)9-14(16(19)21)18-13-7-6-12(17)8-11(13)5-2/h6-8,10,14,18H,4-5,9H2,1-3H3. The van der Waals surface area contributed by atoms with Crippen molar-refractivity contribution < 1.29 is 9.59 Å². The number of carbonyl (C=O) groups excluding carboxylic acids is 2. The van der Waals surface area contributed by atoms with Crippen LogP contribution in [0.4, 0.5) is 5.69 Å². The molecule has 4 nitrogen and oxygen atoms in total. The van der Waals surface area contributed by atoms with E-state index in [4.69, 9.17) is 0 Å². The highest BCUT2D eigenvalue weighted by Gasteiger charge is 2.40. The fraction of sp³-hybridized carbons (Fsp3) is 0.500. The van der Waals surface area contributed by atoms with Crippen molar-refractivity contribution in [3.63, 3.8) is 0 Å². The number of amides is 2. The number of likely N-dealkylation sites (tertiary alicyclic amines) is 1. The Morgan fingerprint density at radius 3 is 2.71 bits per heavy atom. The second-order valence-electron chi connectivity index (χ2n) is 5.42. The highest BCUT2D eigenvalue weighted by atomic mass is 79.9. The summed E-state index contributed by atoms with van der Waals surface area (Å²) >= 11 is 3.45. The molecule has 2 amide bonds. The Hall–Kier alpha value is -1.36. The predicted molar refractivity (Wildman–Crippen MR) is 87.2 cm³/mol.